The molecule has 2 N–H and O–H groups in total. The molecule has 0 radical (unpaired) electrons. The first-order valence-electron chi connectivity index (χ1n) is 9.01. The van der Waals surface area contributed by atoms with Gasteiger partial charge >= 0.3 is 0 Å². The summed E-state index contributed by atoms with van der Waals surface area (Å²) < 4.78 is 23.0. The van der Waals surface area contributed by atoms with Gasteiger partial charge in [0.2, 0.25) is 0 Å². The summed E-state index contributed by atoms with van der Waals surface area (Å²) in [5.74, 6) is 0.756. The number of hydrogen-bond acceptors (Lipinski definition) is 3. The van der Waals surface area contributed by atoms with Gasteiger partial charge in [-0.3, -0.25) is 4.99 Å². The largest absolute Gasteiger partial charge is 0.356 e. The second-order valence-electron chi connectivity index (χ2n) is 7.27. The Balaban J connectivity index is 1.84. The number of rotatable bonds is 7. The summed E-state index contributed by atoms with van der Waals surface area (Å²) in [4.78, 5) is 4.62. The summed E-state index contributed by atoms with van der Waals surface area (Å²) in [5, 5.41) is 6.69. The Morgan fingerprint density at radius 2 is 1.63 bits per heavy atom. The lowest BCUT2D eigenvalue weighted by atomic mass is 9.85. The van der Waals surface area contributed by atoms with Crippen LogP contribution in [0, 0.1) is 0 Å². The van der Waals surface area contributed by atoms with Crippen molar-refractivity contribution in [3.63, 3.8) is 0 Å². The van der Waals surface area contributed by atoms with E-state index in [2.05, 4.69) is 53.7 Å². The standard InChI is InChI=1S/C21H29N3O2S/c1-21(2,18-8-6-5-7-9-18)16-24-20(22-3)23-15-14-17-10-12-19(13-11-17)27(4,25)26/h5-13H,14-16H2,1-4H3,(H2,22,23,24). The van der Waals surface area contributed by atoms with Crippen LogP contribution in [0.4, 0.5) is 0 Å². The zero-order valence-corrected chi connectivity index (χ0v) is 17.3. The van der Waals surface area contributed by atoms with Gasteiger partial charge in [-0.2, -0.15) is 0 Å². The number of benzene rings is 2. The number of aliphatic imine (C=N–C) groups is 1. The maximum atomic E-state index is 11.5. The quantitative estimate of drug-likeness (QED) is 0.566. The van der Waals surface area contributed by atoms with E-state index in [0.29, 0.717) is 11.4 Å². The molecule has 2 aromatic carbocycles. The molecule has 0 aliphatic carbocycles. The summed E-state index contributed by atoms with van der Waals surface area (Å²) in [6.07, 6.45) is 2.00. The number of nitrogens with one attached hydrogen (secondary N) is 2. The number of nitrogens with zero attached hydrogens (tertiary/aromatic N) is 1. The minimum Gasteiger partial charge on any atom is -0.356 e. The SMILES string of the molecule is CN=C(NCCc1ccc(S(C)(=O)=O)cc1)NCC(C)(C)c1ccccc1. The van der Waals surface area contributed by atoms with Crippen LogP contribution >= 0.6 is 0 Å². The average Bonchev–Trinajstić information content (AvgIpc) is 2.65. The minimum atomic E-state index is -3.15. The van der Waals surface area contributed by atoms with Gasteiger partial charge < -0.3 is 10.6 Å². The Morgan fingerprint density at radius 3 is 2.19 bits per heavy atom. The second kappa shape index (κ2) is 9.04. The van der Waals surface area contributed by atoms with Crippen molar-refractivity contribution in [2.75, 3.05) is 26.4 Å². The maximum Gasteiger partial charge on any atom is 0.191 e. The van der Waals surface area contributed by atoms with Crippen LogP contribution < -0.4 is 10.6 Å². The highest BCUT2D eigenvalue weighted by molar-refractivity contribution is 7.90. The summed E-state index contributed by atoms with van der Waals surface area (Å²) in [6, 6.07) is 17.4. The van der Waals surface area contributed by atoms with Gasteiger partial charge in [-0.1, -0.05) is 56.3 Å². The summed E-state index contributed by atoms with van der Waals surface area (Å²) in [7, 11) is -1.39. The number of sulfone groups is 1. The minimum absolute atomic E-state index is 0.0135. The second-order valence-corrected chi connectivity index (χ2v) is 9.28. The Kier molecular flexibility index (Phi) is 7.02. The van der Waals surface area contributed by atoms with E-state index in [-0.39, 0.29) is 5.41 Å². The van der Waals surface area contributed by atoms with E-state index in [4.69, 9.17) is 0 Å². The molecule has 6 heteroatoms. The first-order valence-corrected chi connectivity index (χ1v) is 10.9. The van der Waals surface area contributed by atoms with Crippen LogP contribution in [0.2, 0.25) is 0 Å². The predicted octanol–water partition coefficient (Wildman–Crippen LogP) is 2.78. The van der Waals surface area contributed by atoms with Gasteiger partial charge in [-0.05, 0) is 29.7 Å². The van der Waals surface area contributed by atoms with Crippen LogP contribution in [0.15, 0.2) is 64.5 Å². The van der Waals surface area contributed by atoms with Gasteiger partial charge in [-0.15, -0.1) is 0 Å². The molecule has 0 amide bonds. The molecule has 0 unspecified atom stereocenters. The van der Waals surface area contributed by atoms with Crippen molar-refractivity contribution in [1.29, 1.82) is 0 Å². The summed E-state index contributed by atoms with van der Waals surface area (Å²) in [6.45, 7) is 5.88. The molecule has 0 aliphatic heterocycles. The molecule has 0 bridgehead atoms. The van der Waals surface area contributed by atoms with Crippen LogP contribution in [-0.2, 0) is 21.7 Å². The van der Waals surface area contributed by atoms with Gasteiger partial charge in [0, 0.05) is 31.8 Å². The van der Waals surface area contributed by atoms with Crippen molar-refractivity contribution in [2.45, 2.75) is 30.6 Å². The van der Waals surface area contributed by atoms with E-state index >= 15 is 0 Å². The molecule has 0 spiro atoms. The van der Waals surface area contributed by atoms with Gasteiger partial charge in [0.1, 0.15) is 0 Å². The fourth-order valence-electron chi connectivity index (χ4n) is 2.75. The third-order valence-electron chi connectivity index (χ3n) is 4.53. The van der Waals surface area contributed by atoms with Crippen molar-refractivity contribution in [1.82, 2.24) is 10.6 Å². The summed E-state index contributed by atoms with van der Waals surface area (Å²) in [5.41, 5.74) is 2.34. The molecule has 2 rings (SSSR count). The Morgan fingerprint density at radius 1 is 1.00 bits per heavy atom. The molecule has 5 nitrogen and oxygen atoms in total. The van der Waals surface area contributed by atoms with E-state index in [1.54, 1.807) is 19.2 Å². The van der Waals surface area contributed by atoms with Crippen LogP contribution in [0.3, 0.4) is 0 Å². The van der Waals surface area contributed by atoms with E-state index < -0.39 is 9.84 Å². The fourth-order valence-corrected chi connectivity index (χ4v) is 3.38. The molecule has 0 fully saturated rings. The number of guanidine groups is 1. The topological polar surface area (TPSA) is 70.6 Å². The van der Waals surface area contributed by atoms with Crippen molar-refractivity contribution >= 4 is 15.8 Å². The van der Waals surface area contributed by atoms with Gasteiger partial charge in [0.05, 0.1) is 4.90 Å². The molecule has 146 valence electrons. The first kappa shape index (κ1) is 21.0. The van der Waals surface area contributed by atoms with E-state index in [1.807, 2.05) is 18.2 Å². The van der Waals surface area contributed by atoms with E-state index in [0.717, 1.165) is 24.5 Å². The third-order valence-corrected chi connectivity index (χ3v) is 5.66. The van der Waals surface area contributed by atoms with Gasteiger partial charge in [0.25, 0.3) is 0 Å². The zero-order chi connectivity index (χ0) is 19.9. The maximum absolute atomic E-state index is 11.5. The third kappa shape index (κ3) is 6.40. The van der Waals surface area contributed by atoms with Gasteiger partial charge in [-0.25, -0.2) is 8.42 Å². The molecule has 0 saturated carbocycles. The van der Waals surface area contributed by atoms with Crippen LogP contribution in [0.25, 0.3) is 0 Å². The molecule has 2 aromatic rings. The highest BCUT2D eigenvalue weighted by Crippen LogP contribution is 2.21. The van der Waals surface area contributed by atoms with Crippen molar-refractivity contribution in [3.8, 4) is 0 Å². The Hall–Kier alpha value is -2.34. The average molecular weight is 388 g/mol. The van der Waals surface area contributed by atoms with Gasteiger partial charge in [0.15, 0.2) is 15.8 Å². The Bertz CT molecular complexity index is 858. The van der Waals surface area contributed by atoms with Crippen molar-refractivity contribution in [3.05, 3.63) is 65.7 Å². The monoisotopic (exact) mass is 387 g/mol. The van der Waals surface area contributed by atoms with E-state index in [9.17, 15) is 8.42 Å². The fraction of sp³-hybridized carbons (Fsp3) is 0.381. The lowest BCUT2D eigenvalue weighted by Crippen LogP contribution is -2.44. The smallest absolute Gasteiger partial charge is 0.191 e. The van der Waals surface area contributed by atoms with Crippen LogP contribution in [0.5, 0.6) is 0 Å². The van der Waals surface area contributed by atoms with E-state index in [1.165, 1.54) is 11.8 Å². The van der Waals surface area contributed by atoms with Crippen molar-refractivity contribution < 1.29 is 8.42 Å². The molecule has 27 heavy (non-hydrogen) atoms. The predicted molar refractivity (Wildman–Crippen MR) is 112 cm³/mol. The number of hydrogen-bond donors (Lipinski definition) is 2. The molecule has 0 aliphatic rings. The molecular weight excluding hydrogens is 358 g/mol. The Labute approximate surface area is 162 Å². The van der Waals surface area contributed by atoms with Crippen LogP contribution in [0.1, 0.15) is 25.0 Å². The van der Waals surface area contributed by atoms with Crippen molar-refractivity contribution in [2.24, 2.45) is 4.99 Å². The molecule has 0 heterocycles. The highest BCUT2D eigenvalue weighted by Gasteiger charge is 2.20. The molecule has 0 saturated heterocycles. The summed E-state index contributed by atoms with van der Waals surface area (Å²) >= 11 is 0. The molecule has 0 aromatic heterocycles. The lowest BCUT2D eigenvalue weighted by Gasteiger charge is -2.26. The lowest BCUT2D eigenvalue weighted by molar-refractivity contribution is 0.508. The molecule has 0 atom stereocenters. The van der Waals surface area contributed by atoms with Crippen LogP contribution in [-0.4, -0.2) is 40.8 Å². The molecular formula is C21H29N3O2S. The highest BCUT2D eigenvalue weighted by atomic mass is 32.2. The first-order chi connectivity index (χ1) is 12.7. The normalized spacial score (nSPS) is 12.7. The zero-order valence-electron chi connectivity index (χ0n) is 16.5.